The molecule has 0 saturated carbocycles. The monoisotopic (exact) mass is 695 g/mol. The Morgan fingerprint density at radius 1 is 1.06 bits per heavy atom. The number of amidine groups is 1. The lowest BCUT2D eigenvalue weighted by molar-refractivity contribution is -0.166. The Kier molecular flexibility index (Phi) is 13.3. The van der Waals surface area contributed by atoms with Gasteiger partial charge in [0.1, 0.15) is 23.8 Å². The van der Waals surface area contributed by atoms with Gasteiger partial charge in [-0.15, -0.1) is 0 Å². The molecule has 0 bridgehead atoms. The zero-order chi connectivity index (χ0) is 35.8. The lowest BCUT2D eigenvalue weighted by Gasteiger charge is -2.44. The summed E-state index contributed by atoms with van der Waals surface area (Å²) in [6, 6.07) is 6.49. The highest BCUT2D eigenvalue weighted by Crippen LogP contribution is 2.30. The van der Waals surface area contributed by atoms with Crippen LogP contribution in [-0.4, -0.2) is 110 Å². The van der Waals surface area contributed by atoms with E-state index in [1.807, 2.05) is 11.8 Å². The van der Waals surface area contributed by atoms with Crippen molar-refractivity contribution < 1.29 is 41.7 Å². The fraction of sp³-hybridized carbons (Fsp3) is 0.697. The van der Waals surface area contributed by atoms with Crippen LogP contribution in [0.3, 0.4) is 0 Å². The summed E-state index contributed by atoms with van der Waals surface area (Å²) in [5.74, 6) is -1.61. The molecular weight excluding hydrogens is 642 g/mol. The van der Waals surface area contributed by atoms with Gasteiger partial charge in [0.25, 0.3) is 0 Å². The highest BCUT2D eigenvalue weighted by atomic mass is 32.2. The number of rotatable bonds is 17. The summed E-state index contributed by atoms with van der Waals surface area (Å²) in [6.07, 6.45) is 3.11. The number of nitrogens with one attached hydrogen (secondary N) is 1. The van der Waals surface area contributed by atoms with Gasteiger partial charge < -0.3 is 35.3 Å². The number of hydrogen-bond acceptors (Lipinski definition) is 12. The first kappa shape index (κ1) is 39.0. The average Bonchev–Trinajstić information content (AvgIpc) is 3.39. The van der Waals surface area contributed by atoms with Gasteiger partial charge >= 0.3 is 18.0 Å². The van der Waals surface area contributed by atoms with Crippen LogP contribution in [0, 0.1) is 5.41 Å². The third kappa shape index (κ3) is 9.38. The second-order valence-electron chi connectivity index (χ2n) is 13.6. The molecule has 15 heteroatoms. The Morgan fingerprint density at radius 3 is 2.27 bits per heavy atom. The number of amides is 1. The molecule has 0 radical (unpaired) electrons. The minimum atomic E-state index is -4.00. The number of likely N-dealkylation sites (tertiary alicyclic amines) is 1. The summed E-state index contributed by atoms with van der Waals surface area (Å²) >= 11 is 0. The molecule has 270 valence electrons. The van der Waals surface area contributed by atoms with Gasteiger partial charge in [0.05, 0.1) is 19.4 Å². The SMILES string of the molecule is CCCCS(=O)(=O)C(N)(Cc1ccc(OCC2CN(CCCC(C(=N)N)(C(=O)OC(C)(C)C)N3CCCCC3)C(=O)O2)cc1)C(=O)OC. The van der Waals surface area contributed by atoms with Crippen LogP contribution in [0.1, 0.15) is 78.2 Å². The van der Waals surface area contributed by atoms with Crippen molar-refractivity contribution in [3.8, 4) is 5.75 Å². The Balaban J connectivity index is 1.59. The fourth-order valence-corrected chi connectivity index (χ4v) is 7.76. The number of cyclic esters (lactones) is 1. The zero-order valence-corrected chi connectivity index (χ0v) is 29.7. The fourth-order valence-electron chi connectivity index (χ4n) is 6.01. The maximum Gasteiger partial charge on any atom is 0.410 e. The van der Waals surface area contributed by atoms with E-state index < -0.39 is 50.0 Å². The van der Waals surface area contributed by atoms with E-state index >= 15 is 0 Å². The van der Waals surface area contributed by atoms with E-state index in [-0.39, 0.29) is 44.1 Å². The number of methoxy groups -OCH3 is 1. The summed E-state index contributed by atoms with van der Waals surface area (Å²) in [5.41, 5.74) is 10.6. The van der Waals surface area contributed by atoms with Crippen molar-refractivity contribution in [3.05, 3.63) is 29.8 Å². The van der Waals surface area contributed by atoms with Crippen LogP contribution >= 0.6 is 0 Å². The predicted octanol–water partition coefficient (Wildman–Crippen LogP) is 2.75. The van der Waals surface area contributed by atoms with E-state index in [1.54, 1.807) is 49.9 Å². The molecule has 0 aromatic heterocycles. The van der Waals surface area contributed by atoms with Crippen LogP contribution in [0.25, 0.3) is 0 Å². The van der Waals surface area contributed by atoms with Gasteiger partial charge in [0, 0.05) is 13.0 Å². The van der Waals surface area contributed by atoms with Crippen molar-refractivity contribution in [3.63, 3.8) is 0 Å². The maximum atomic E-state index is 13.5. The number of carbonyl (C=O) groups excluding carboxylic acids is 3. The average molecular weight is 696 g/mol. The van der Waals surface area contributed by atoms with E-state index in [0.717, 1.165) is 26.4 Å². The van der Waals surface area contributed by atoms with Crippen molar-refractivity contribution in [1.82, 2.24) is 9.80 Å². The number of hydrogen-bond donors (Lipinski definition) is 3. The molecule has 2 saturated heterocycles. The number of benzene rings is 1. The van der Waals surface area contributed by atoms with E-state index in [2.05, 4.69) is 0 Å². The number of nitrogens with zero attached hydrogens (tertiary/aromatic N) is 2. The zero-order valence-electron chi connectivity index (χ0n) is 28.9. The number of nitrogens with two attached hydrogens (primary N) is 2. The highest BCUT2D eigenvalue weighted by Gasteiger charge is 2.50. The number of unbranched alkanes of at least 4 members (excludes halogenated alkanes) is 1. The first-order chi connectivity index (χ1) is 22.5. The largest absolute Gasteiger partial charge is 0.490 e. The Labute approximate surface area is 284 Å². The van der Waals surface area contributed by atoms with E-state index in [9.17, 15) is 22.8 Å². The van der Waals surface area contributed by atoms with Gasteiger partial charge in [-0.25, -0.2) is 22.8 Å². The summed E-state index contributed by atoms with van der Waals surface area (Å²) in [6.45, 7) is 9.06. The minimum Gasteiger partial charge on any atom is -0.490 e. The quantitative estimate of drug-likeness (QED) is 0.0932. The van der Waals surface area contributed by atoms with Gasteiger partial charge in [-0.1, -0.05) is 31.9 Å². The predicted molar refractivity (Wildman–Crippen MR) is 180 cm³/mol. The van der Waals surface area contributed by atoms with Gasteiger partial charge in [-0.05, 0) is 83.7 Å². The first-order valence-corrected chi connectivity index (χ1v) is 18.2. The lowest BCUT2D eigenvalue weighted by atomic mass is 9.87. The number of esters is 2. The standard InChI is InChI=1S/C33H53N5O9S/c1-6-7-20-48(42,43)33(36,29(40)44-5)21-24-12-14-25(15-13-24)45-23-26-22-37(30(41)46-26)17-11-16-32(27(34)35,28(39)47-31(2,3)4)38-18-9-8-10-19-38/h12-15,26H,6-11,16-23,36H2,1-5H3,(H3,34,35). The molecular formula is C33H53N5O9S. The van der Waals surface area contributed by atoms with Crippen molar-refractivity contribution in [2.24, 2.45) is 11.5 Å². The van der Waals surface area contributed by atoms with Crippen LogP contribution in [0.4, 0.5) is 4.79 Å². The smallest absolute Gasteiger partial charge is 0.410 e. The topological polar surface area (TPSA) is 205 Å². The normalized spacial score (nSPS) is 19.9. The molecule has 1 amide bonds. The third-order valence-electron chi connectivity index (χ3n) is 8.67. The third-order valence-corrected chi connectivity index (χ3v) is 10.9. The molecule has 3 unspecified atom stereocenters. The van der Waals surface area contributed by atoms with Gasteiger partial charge in [0.2, 0.25) is 4.87 Å². The number of carbonyl (C=O) groups is 3. The lowest BCUT2D eigenvalue weighted by Crippen LogP contribution is -2.65. The molecule has 3 atom stereocenters. The van der Waals surface area contributed by atoms with Crippen molar-refractivity contribution in [2.75, 3.05) is 45.6 Å². The second-order valence-corrected chi connectivity index (χ2v) is 15.9. The Hall–Kier alpha value is -3.43. The molecule has 2 aliphatic rings. The summed E-state index contributed by atoms with van der Waals surface area (Å²) in [4.78, 5) is 40.0. The van der Waals surface area contributed by atoms with Crippen LogP contribution in [0.5, 0.6) is 5.75 Å². The molecule has 5 N–H and O–H groups in total. The molecule has 2 heterocycles. The molecule has 2 fully saturated rings. The summed E-state index contributed by atoms with van der Waals surface area (Å²) < 4.78 is 47.8. The van der Waals surface area contributed by atoms with Crippen LogP contribution < -0.4 is 16.2 Å². The number of sulfone groups is 1. The molecule has 3 rings (SSSR count). The van der Waals surface area contributed by atoms with Gasteiger partial charge in [-0.2, -0.15) is 0 Å². The van der Waals surface area contributed by atoms with Crippen LogP contribution in [0.15, 0.2) is 24.3 Å². The van der Waals surface area contributed by atoms with Crippen molar-refractivity contribution in [1.29, 1.82) is 5.41 Å². The first-order valence-electron chi connectivity index (χ1n) is 16.6. The second kappa shape index (κ2) is 16.3. The summed E-state index contributed by atoms with van der Waals surface area (Å²) in [7, 11) is -2.89. The van der Waals surface area contributed by atoms with Crippen molar-refractivity contribution in [2.45, 2.75) is 101 Å². The molecule has 0 aliphatic carbocycles. The van der Waals surface area contributed by atoms with Gasteiger partial charge in [0.15, 0.2) is 21.5 Å². The molecule has 14 nitrogen and oxygen atoms in total. The van der Waals surface area contributed by atoms with Gasteiger partial charge in [-0.3, -0.25) is 10.3 Å². The van der Waals surface area contributed by atoms with E-state index in [0.29, 0.717) is 43.7 Å². The minimum absolute atomic E-state index is 0.0685. The van der Waals surface area contributed by atoms with Crippen LogP contribution in [-0.2, 0) is 40.1 Å². The van der Waals surface area contributed by atoms with Crippen molar-refractivity contribution >= 4 is 33.7 Å². The Bertz CT molecular complexity index is 1390. The molecule has 2 aliphatic heterocycles. The maximum absolute atomic E-state index is 13.5. The molecule has 1 aromatic rings. The number of ether oxygens (including phenoxy) is 4. The number of piperidine rings is 1. The molecule has 0 spiro atoms. The van der Waals surface area contributed by atoms with E-state index in [4.69, 9.17) is 35.8 Å². The highest BCUT2D eigenvalue weighted by molar-refractivity contribution is 7.93. The van der Waals surface area contributed by atoms with Crippen LogP contribution in [0.2, 0.25) is 0 Å². The Morgan fingerprint density at radius 2 is 1.71 bits per heavy atom. The summed E-state index contributed by atoms with van der Waals surface area (Å²) in [5, 5.41) is 8.47. The van der Waals surface area contributed by atoms with E-state index in [1.165, 1.54) is 0 Å². The molecule has 1 aromatic carbocycles. The molecule has 48 heavy (non-hydrogen) atoms.